The maximum Gasteiger partial charge on any atom is 0.321 e. The van der Waals surface area contributed by atoms with Crippen LogP contribution in [0.1, 0.15) is 25.7 Å². The Morgan fingerprint density at radius 2 is 2.26 bits per heavy atom. The zero-order chi connectivity index (χ0) is 13.8. The maximum absolute atomic E-state index is 11.8. The summed E-state index contributed by atoms with van der Waals surface area (Å²) < 4.78 is 1.44. The average Bonchev–Trinajstić information content (AvgIpc) is 2.75. The van der Waals surface area contributed by atoms with Crippen molar-refractivity contribution < 1.29 is 14.7 Å². The molecule has 1 aliphatic rings. The summed E-state index contributed by atoms with van der Waals surface area (Å²) in [6.45, 7) is 0. The summed E-state index contributed by atoms with van der Waals surface area (Å²) in [5.74, 6) is -0.808. The molecule has 0 aromatic carbocycles. The van der Waals surface area contributed by atoms with Gasteiger partial charge in [0.2, 0.25) is 5.95 Å². The Balaban J connectivity index is 1.85. The summed E-state index contributed by atoms with van der Waals surface area (Å²) in [7, 11) is 1.67. The molecule has 1 aromatic heterocycles. The van der Waals surface area contributed by atoms with Crippen molar-refractivity contribution in [3.05, 3.63) is 6.33 Å². The molecule has 1 aliphatic carbocycles. The summed E-state index contributed by atoms with van der Waals surface area (Å²) in [6.07, 6.45) is 4.11. The molecule has 1 heterocycles. The smallest absolute Gasteiger partial charge is 0.321 e. The van der Waals surface area contributed by atoms with Crippen LogP contribution in [0.25, 0.3) is 0 Å². The number of carbonyl (C=O) groups excluding carboxylic acids is 1. The standard InChI is InChI=1S/C11H17N5O3/c1-16-10(12-6-13-16)15-11(19)14-8-4-2-3-7(5-8)9(17)18/h6-8H,2-5H2,1H3,(H,17,18)(H2,12,13,14,15,19). The molecule has 8 nitrogen and oxygen atoms in total. The molecule has 2 rings (SSSR count). The fourth-order valence-corrected chi connectivity index (χ4v) is 2.28. The van der Waals surface area contributed by atoms with E-state index < -0.39 is 5.97 Å². The summed E-state index contributed by atoms with van der Waals surface area (Å²) in [5, 5.41) is 18.2. The molecule has 3 N–H and O–H groups in total. The number of rotatable bonds is 3. The molecule has 2 amide bonds. The monoisotopic (exact) mass is 267 g/mol. The number of carbonyl (C=O) groups is 2. The minimum atomic E-state index is -0.791. The lowest BCUT2D eigenvalue weighted by Gasteiger charge is -2.27. The Morgan fingerprint density at radius 3 is 2.89 bits per heavy atom. The summed E-state index contributed by atoms with van der Waals surface area (Å²) in [4.78, 5) is 26.6. The zero-order valence-corrected chi connectivity index (χ0v) is 10.7. The Morgan fingerprint density at radius 1 is 1.47 bits per heavy atom. The number of aromatic nitrogens is 3. The predicted octanol–water partition coefficient (Wildman–Crippen LogP) is 0.580. The molecule has 104 valence electrons. The number of hydrogen-bond acceptors (Lipinski definition) is 4. The van der Waals surface area contributed by atoms with Gasteiger partial charge in [0, 0.05) is 13.1 Å². The third kappa shape index (κ3) is 3.43. The Hall–Kier alpha value is -2.12. The van der Waals surface area contributed by atoms with Crippen molar-refractivity contribution in [2.24, 2.45) is 13.0 Å². The van der Waals surface area contributed by atoms with Gasteiger partial charge < -0.3 is 10.4 Å². The van der Waals surface area contributed by atoms with Gasteiger partial charge in [-0.2, -0.15) is 10.1 Å². The lowest BCUT2D eigenvalue weighted by Crippen LogP contribution is -2.42. The second-order valence-corrected chi connectivity index (χ2v) is 4.70. The first-order valence-corrected chi connectivity index (χ1v) is 6.20. The van der Waals surface area contributed by atoms with Crippen LogP contribution in [-0.4, -0.2) is 37.9 Å². The number of nitrogens with one attached hydrogen (secondary N) is 2. The van der Waals surface area contributed by atoms with Crippen molar-refractivity contribution in [2.45, 2.75) is 31.7 Å². The summed E-state index contributed by atoms with van der Waals surface area (Å²) in [6, 6.07) is -0.491. The van der Waals surface area contributed by atoms with Gasteiger partial charge in [0.15, 0.2) is 0 Å². The van der Waals surface area contributed by atoms with Gasteiger partial charge >= 0.3 is 12.0 Å². The van der Waals surface area contributed by atoms with Crippen molar-refractivity contribution >= 4 is 17.9 Å². The lowest BCUT2D eigenvalue weighted by atomic mass is 9.86. The molecule has 19 heavy (non-hydrogen) atoms. The minimum Gasteiger partial charge on any atom is -0.481 e. The van der Waals surface area contributed by atoms with Gasteiger partial charge in [-0.15, -0.1) is 0 Å². The van der Waals surface area contributed by atoms with Crippen molar-refractivity contribution in [1.82, 2.24) is 20.1 Å². The van der Waals surface area contributed by atoms with Crippen molar-refractivity contribution in [1.29, 1.82) is 0 Å². The topological polar surface area (TPSA) is 109 Å². The molecule has 0 spiro atoms. The van der Waals surface area contributed by atoms with E-state index in [2.05, 4.69) is 20.7 Å². The van der Waals surface area contributed by atoms with E-state index in [-0.39, 0.29) is 18.0 Å². The molecule has 0 bridgehead atoms. The van der Waals surface area contributed by atoms with Crippen molar-refractivity contribution in [3.8, 4) is 0 Å². The first-order chi connectivity index (χ1) is 9.06. The number of aliphatic carboxylic acids is 1. The molecule has 2 unspecified atom stereocenters. The van der Waals surface area contributed by atoms with E-state index in [0.29, 0.717) is 18.8 Å². The minimum absolute atomic E-state index is 0.108. The van der Waals surface area contributed by atoms with E-state index >= 15 is 0 Å². The molecule has 0 aliphatic heterocycles. The van der Waals surface area contributed by atoms with Crippen molar-refractivity contribution in [3.63, 3.8) is 0 Å². The third-order valence-electron chi connectivity index (χ3n) is 3.30. The van der Waals surface area contributed by atoms with Crippen LogP contribution in [0.3, 0.4) is 0 Å². The first-order valence-electron chi connectivity index (χ1n) is 6.20. The fraction of sp³-hybridized carbons (Fsp3) is 0.636. The second-order valence-electron chi connectivity index (χ2n) is 4.70. The Bertz CT molecular complexity index is 473. The van der Waals surface area contributed by atoms with E-state index in [9.17, 15) is 9.59 Å². The van der Waals surface area contributed by atoms with Gasteiger partial charge in [-0.3, -0.25) is 10.1 Å². The highest BCUT2D eigenvalue weighted by molar-refractivity contribution is 5.87. The number of carboxylic acid groups (broad SMARTS) is 1. The van der Waals surface area contributed by atoms with Crippen molar-refractivity contribution in [2.75, 3.05) is 5.32 Å². The summed E-state index contributed by atoms with van der Waals surface area (Å²) >= 11 is 0. The van der Waals surface area contributed by atoms with Crippen LogP contribution in [0, 0.1) is 5.92 Å². The van der Waals surface area contributed by atoms with Gasteiger partial charge in [0.1, 0.15) is 6.33 Å². The number of hydrogen-bond donors (Lipinski definition) is 3. The average molecular weight is 267 g/mol. The van der Waals surface area contributed by atoms with Gasteiger partial charge in [-0.1, -0.05) is 6.42 Å². The fourth-order valence-electron chi connectivity index (χ4n) is 2.28. The molecule has 1 aromatic rings. The van der Waals surface area contributed by atoms with Gasteiger partial charge in [-0.05, 0) is 19.3 Å². The molecule has 2 atom stereocenters. The molecular weight excluding hydrogens is 250 g/mol. The Kier molecular flexibility index (Phi) is 3.98. The quantitative estimate of drug-likeness (QED) is 0.742. The largest absolute Gasteiger partial charge is 0.481 e. The van der Waals surface area contributed by atoms with Gasteiger partial charge in [-0.25, -0.2) is 9.48 Å². The lowest BCUT2D eigenvalue weighted by molar-refractivity contribution is -0.143. The van der Waals surface area contributed by atoms with E-state index in [1.807, 2.05) is 0 Å². The highest BCUT2D eigenvalue weighted by atomic mass is 16.4. The number of carboxylic acids is 1. The Labute approximate surface area is 110 Å². The summed E-state index contributed by atoms with van der Waals surface area (Å²) in [5.41, 5.74) is 0. The first kappa shape index (κ1) is 13.3. The van der Waals surface area contributed by atoms with E-state index in [1.54, 1.807) is 7.05 Å². The highest BCUT2D eigenvalue weighted by Crippen LogP contribution is 2.24. The number of nitrogens with zero attached hydrogens (tertiary/aromatic N) is 3. The van der Waals surface area contributed by atoms with Crippen LogP contribution < -0.4 is 10.6 Å². The molecule has 0 radical (unpaired) electrons. The molecular formula is C11H17N5O3. The van der Waals surface area contributed by atoms with E-state index in [0.717, 1.165) is 12.8 Å². The SMILES string of the molecule is Cn1ncnc1NC(=O)NC1CCCC(C(=O)O)C1. The number of aryl methyl sites for hydroxylation is 1. The molecule has 8 heteroatoms. The van der Waals surface area contributed by atoms with Crippen LogP contribution >= 0.6 is 0 Å². The predicted molar refractivity (Wildman–Crippen MR) is 66.5 cm³/mol. The third-order valence-corrected chi connectivity index (χ3v) is 3.30. The number of urea groups is 1. The highest BCUT2D eigenvalue weighted by Gasteiger charge is 2.27. The molecule has 1 saturated carbocycles. The molecule has 0 saturated heterocycles. The second kappa shape index (κ2) is 5.68. The number of anilines is 1. The van der Waals surface area contributed by atoms with Crippen LogP contribution in [0.2, 0.25) is 0 Å². The normalized spacial score (nSPS) is 22.8. The van der Waals surface area contributed by atoms with E-state index in [1.165, 1.54) is 11.0 Å². The van der Waals surface area contributed by atoms with Gasteiger partial charge in [0.25, 0.3) is 0 Å². The van der Waals surface area contributed by atoms with Crippen LogP contribution in [0.15, 0.2) is 6.33 Å². The van der Waals surface area contributed by atoms with Crippen LogP contribution in [-0.2, 0) is 11.8 Å². The van der Waals surface area contributed by atoms with Crippen LogP contribution in [0.4, 0.5) is 10.7 Å². The zero-order valence-electron chi connectivity index (χ0n) is 10.7. The number of amides is 2. The van der Waals surface area contributed by atoms with Crippen LogP contribution in [0.5, 0.6) is 0 Å². The van der Waals surface area contributed by atoms with E-state index in [4.69, 9.17) is 5.11 Å². The van der Waals surface area contributed by atoms with Gasteiger partial charge in [0.05, 0.1) is 5.92 Å². The molecule has 1 fully saturated rings. The maximum atomic E-state index is 11.8.